The number of aromatic nitrogens is 2. The molecule has 1 atom stereocenters. The lowest BCUT2D eigenvalue weighted by molar-refractivity contribution is 0.213. The van der Waals surface area contributed by atoms with Crippen LogP contribution in [0, 0.1) is 0 Å². The number of nitrogens with one attached hydrogen (secondary N) is 1. The van der Waals surface area contributed by atoms with Crippen LogP contribution in [0.2, 0.25) is 0 Å². The summed E-state index contributed by atoms with van der Waals surface area (Å²) in [6.07, 6.45) is 12.2. The molecule has 6 nitrogen and oxygen atoms in total. The van der Waals surface area contributed by atoms with Gasteiger partial charge in [0.25, 0.3) is 5.88 Å². The van der Waals surface area contributed by atoms with Crippen molar-refractivity contribution in [1.29, 1.82) is 0 Å². The molecule has 0 saturated heterocycles. The summed E-state index contributed by atoms with van der Waals surface area (Å²) in [5.74, 6) is 0.569. The molecule has 0 fully saturated rings. The second-order valence-electron chi connectivity index (χ2n) is 5.14. The standard InChI is InChI=1S/C15H15BrN4O2/c1-21-15-14(8-19(18-15)10-5-6-22-9-10)20-7-11-12(16)3-2-4-13(11)17-20/h2-5,7-8,13,17H,6,9H2,1H3. The molecule has 1 aliphatic carbocycles. The fraction of sp³-hybridized carbons (Fsp3) is 0.267. The van der Waals surface area contributed by atoms with Crippen LogP contribution in [0.15, 0.2) is 46.8 Å². The van der Waals surface area contributed by atoms with Crippen molar-refractivity contribution < 1.29 is 9.47 Å². The van der Waals surface area contributed by atoms with Crippen LogP contribution >= 0.6 is 15.9 Å². The maximum absolute atomic E-state index is 5.42. The number of rotatable bonds is 3. The molecule has 114 valence electrons. The second kappa shape index (κ2) is 5.42. The summed E-state index contributed by atoms with van der Waals surface area (Å²) in [6, 6.07) is 0.154. The Kier molecular flexibility index (Phi) is 3.40. The Balaban J connectivity index is 1.68. The van der Waals surface area contributed by atoms with Crippen molar-refractivity contribution in [2.45, 2.75) is 6.04 Å². The summed E-state index contributed by atoms with van der Waals surface area (Å²) in [4.78, 5) is 0. The fourth-order valence-corrected chi connectivity index (χ4v) is 3.17. The molecule has 7 heteroatoms. The van der Waals surface area contributed by atoms with E-state index in [1.807, 2.05) is 34.1 Å². The van der Waals surface area contributed by atoms with E-state index in [-0.39, 0.29) is 6.04 Å². The quantitative estimate of drug-likeness (QED) is 0.892. The maximum atomic E-state index is 5.42. The van der Waals surface area contributed by atoms with Crippen molar-refractivity contribution in [1.82, 2.24) is 15.2 Å². The van der Waals surface area contributed by atoms with E-state index in [0.717, 1.165) is 15.9 Å². The van der Waals surface area contributed by atoms with Gasteiger partial charge in [0.15, 0.2) is 0 Å². The predicted octanol–water partition coefficient (Wildman–Crippen LogP) is 2.19. The first-order valence-corrected chi connectivity index (χ1v) is 7.78. The lowest BCUT2D eigenvalue weighted by Gasteiger charge is -2.18. The SMILES string of the molecule is COc1nn(C2=CCOC2)cc1N1C=C2C(Br)=CC=CC2N1. The molecular weight excluding hydrogens is 348 g/mol. The monoisotopic (exact) mass is 362 g/mol. The van der Waals surface area contributed by atoms with Crippen molar-refractivity contribution in [2.75, 3.05) is 25.3 Å². The molecule has 2 aliphatic heterocycles. The third kappa shape index (κ3) is 2.22. The van der Waals surface area contributed by atoms with Crippen molar-refractivity contribution >= 4 is 27.3 Å². The summed E-state index contributed by atoms with van der Waals surface area (Å²) in [5.41, 5.74) is 6.49. The summed E-state index contributed by atoms with van der Waals surface area (Å²) < 4.78 is 13.7. The highest BCUT2D eigenvalue weighted by atomic mass is 79.9. The third-order valence-electron chi connectivity index (χ3n) is 3.80. The molecule has 1 aromatic rings. The van der Waals surface area contributed by atoms with Crippen LogP contribution in [0.5, 0.6) is 5.88 Å². The normalized spacial score (nSPS) is 23.3. The molecule has 0 amide bonds. The zero-order chi connectivity index (χ0) is 15.1. The van der Waals surface area contributed by atoms with Gasteiger partial charge in [-0.05, 0) is 12.2 Å². The minimum absolute atomic E-state index is 0.154. The lowest BCUT2D eigenvalue weighted by atomic mass is 10.1. The number of hydrazine groups is 1. The van der Waals surface area contributed by atoms with E-state index in [4.69, 9.17) is 9.47 Å². The number of allylic oxidation sites excluding steroid dienone is 2. The number of hydrogen-bond acceptors (Lipinski definition) is 5. The average molecular weight is 363 g/mol. The van der Waals surface area contributed by atoms with Gasteiger partial charge in [-0.3, -0.25) is 5.01 Å². The molecule has 3 heterocycles. The van der Waals surface area contributed by atoms with Gasteiger partial charge in [-0.1, -0.05) is 28.1 Å². The van der Waals surface area contributed by atoms with E-state index in [1.165, 1.54) is 5.57 Å². The fourth-order valence-electron chi connectivity index (χ4n) is 2.66. The Morgan fingerprint density at radius 3 is 3.14 bits per heavy atom. The van der Waals surface area contributed by atoms with Crippen molar-refractivity contribution in [3.8, 4) is 5.88 Å². The van der Waals surface area contributed by atoms with E-state index in [2.05, 4.69) is 38.7 Å². The number of fused-ring (bicyclic) bond motifs is 1. The first-order valence-electron chi connectivity index (χ1n) is 6.98. The van der Waals surface area contributed by atoms with E-state index < -0.39 is 0 Å². The second-order valence-corrected chi connectivity index (χ2v) is 5.99. The maximum Gasteiger partial charge on any atom is 0.258 e. The number of halogens is 1. The minimum atomic E-state index is 0.154. The van der Waals surface area contributed by atoms with Gasteiger partial charge in [0.2, 0.25) is 0 Å². The molecule has 0 aromatic carbocycles. The molecule has 0 saturated carbocycles. The molecular formula is C15H15BrN4O2. The number of nitrogens with zero attached hydrogens (tertiary/aromatic N) is 3. The first kappa shape index (κ1) is 13.8. The number of hydrogen-bond donors (Lipinski definition) is 1. The summed E-state index contributed by atoms with van der Waals surface area (Å²) >= 11 is 3.59. The molecule has 4 rings (SSSR count). The molecule has 1 aromatic heterocycles. The molecule has 0 radical (unpaired) electrons. The van der Waals surface area contributed by atoms with E-state index in [0.29, 0.717) is 19.1 Å². The number of anilines is 1. The van der Waals surface area contributed by atoms with Gasteiger partial charge < -0.3 is 9.47 Å². The van der Waals surface area contributed by atoms with Gasteiger partial charge in [-0.15, -0.1) is 5.10 Å². The Morgan fingerprint density at radius 2 is 2.41 bits per heavy atom. The highest BCUT2D eigenvalue weighted by Gasteiger charge is 2.29. The van der Waals surface area contributed by atoms with Crippen molar-refractivity contribution in [3.05, 3.63) is 46.8 Å². The van der Waals surface area contributed by atoms with Crippen molar-refractivity contribution in [3.63, 3.8) is 0 Å². The van der Waals surface area contributed by atoms with E-state index in [1.54, 1.807) is 7.11 Å². The van der Waals surface area contributed by atoms with Crippen LogP contribution in [0.1, 0.15) is 0 Å². The van der Waals surface area contributed by atoms with Gasteiger partial charge in [0.05, 0.1) is 38.3 Å². The molecule has 0 spiro atoms. The Bertz CT molecular complexity index is 732. The zero-order valence-corrected chi connectivity index (χ0v) is 13.6. The highest BCUT2D eigenvalue weighted by molar-refractivity contribution is 9.12. The minimum Gasteiger partial charge on any atom is -0.478 e. The average Bonchev–Trinajstić information content (AvgIpc) is 3.25. The largest absolute Gasteiger partial charge is 0.478 e. The zero-order valence-electron chi connectivity index (χ0n) is 12.0. The van der Waals surface area contributed by atoms with Crippen LogP contribution in [-0.4, -0.2) is 36.1 Å². The number of methoxy groups -OCH3 is 1. The molecule has 3 aliphatic rings. The summed E-state index contributed by atoms with van der Waals surface area (Å²) in [6.45, 7) is 1.20. The molecule has 1 unspecified atom stereocenters. The predicted molar refractivity (Wildman–Crippen MR) is 87.5 cm³/mol. The van der Waals surface area contributed by atoms with Crippen LogP contribution in [0.3, 0.4) is 0 Å². The smallest absolute Gasteiger partial charge is 0.258 e. The summed E-state index contributed by atoms with van der Waals surface area (Å²) in [5, 5.41) is 6.43. The van der Waals surface area contributed by atoms with Gasteiger partial charge in [0.1, 0.15) is 5.69 Å². The van der Waals surface area contributed by atoms with Gasteiger partial charge in [-0.2, -0.15) is 0 Å². The third-order valence-corrected chi connectivity index (χ3v) is 4.52. The van der Waals surface area contributed by atoms with Gasteiger partial charge in [0, 0.05) is 16.3 Å². The summed E-state index contributed by atoms with van der Waals surface area (Å²) in [7, 11) is 1.63. The van der Waals surface area contributed by atoms with Gasteiger partial charge >= 0.3 is 0 Å². The van der Waals surface area contributed by atoms with Crippen LogP contribution in [0.4, 0.5) is 5.69 Å². The first-order chi connectivity index (χ1) is 10.8. The van der Waals surface area contributed by atoms with Crippen LogP contribution in [-0.2, 0) is 4.74 Å². The number of ether oxygens (including phenoxy) is 2. The Labute approximate surface area is 136 Å². The molecule has 1 N–H and O–H groups in total. The van der Waals surface area contributed by atoms with Crippen molar-refractivity contribution in [2.24, 2.45) is 0 Å². The van der Waals surface area contributed by atoms with Crippen LogP contribution < -0.4 is 15.2 Å². The van der Waals surface area contributed by atoms with E-state index in [9.17, 15) is 0 Å². The topological polar surface area (TPSA) is 51.6 Å². The lowest BCUT2D eigenvalue weighted by Crippen LogP contribution is -2.35. The van der Waals surface area contributed by atoms with Gasteiger partial charge in [-0.25, -0.2) is 10.1 Å². The van der Waals surface area contributed by atoms with Crippen LogP contribution in [0.25, 0.3) is 5.70 Å². The highest BCUT2D eigenvalue weighted by Crippen LogP contribution is 2.35. The Morgan fingerprint density at radius 1 is 1.50 bits per heavy atom. The molecule has 22 heavy (non-hydrogen) atoms. The van der Waals surface area contributed by atoms with E-state index >= 15 is 0 Å². The Hall–Kier alpha value is -1.83. The molecule has 0 bridgehead atoms.